The van der Waals surface area contributed by atoms with Gasteiger partial charge in [-0.2, -0.15) is 0 Å². The first-order valence-electron chi connectivity index (χ1n) is 5.22. The van der Waals surface area contributed by atoms with E-state index >= 15 is 0 Å². The summed E-state index contributed by atoms with van der Waals surface area (Å²) < 4.78 is 0. The molecule has 0 spiro atoms. The normalized spacial score (nSPS) is 10.1. The Bertz CT molecular complexity index is 539. The topological polar surface area (TPSA) is 80.9 Å². The number of carbonyl (C=O) groups excluding carboxylic acids is 1. The van der Waals surface area contributed by atoms with Crippen LogP contribution in [0.1, 0.15) is 10.5 Å². The van der Waals surface area contributed by atoms with Gasteiger partial charge < -0.3 is 11.1 Å². The maximum absolute atomic E-state index is 11.8. The Morgan fingerprint density at radius 2 is 1.94 bits per heavy atom. The highest BCUT2D eigenvalue weighted by molar-refractivity contribution is 7.98. The van der Waals surface area contributed by atoms with Crippen LogP contribution in [0.15, 0.2) is 41.6 Å². The summed E-state index contributed by atoms with van der Waals surface area (Å²) in [5.41, 5.74) is 6.36. The molecule has 0 fully saturated rings. The molecule has 2 aromatic rings. The Kier molecular flexibility index (Phi) is 3.78. The summed E-state index contributed by atoms with van der Waals surface area (Å²) in [6.45, 7) is 0. The number of nitrogen functional groups attached to an aromatic ring is 1. The van der Waals surface area contributed by atoms with Crippen LogP contribution in [-0.2, 0) is 0 Å². The predicted molar refractivity (Wildman–Crippen MR) is 72.6 cm³/mol. The lowest BCUT2D eigenvalue weighted by molar-refractivity contribution is 0.102. The second-order valence-electron chi connectivity index (χ2n) is 3.51. The fourth-order valence-corrected chi connectivity index (χ4v) is 1.73. The van der Waals surface area contributed by atoms with E-state index in [1.165, 1.54) is 12.4 Å². The predicted octanol–water partition coefficient (Wildman–Crippen LogP) is 2.03. The van der Waals surface area contributed by atoms with Gasteiger partial charge in [-0.15, -0.1) is 11.8 Å². The van der Waals surface area contributed by atoms with Crippen molar-refractivity contribution in [3.05, 3.63) is 42.4 Å². The molecule has 18 heavy (non-hydrogen) atoms. The number of benzene rings is 1. The number of nitrogens with one attached hydrogen (secondary N) is 1. The number of nitrogens with zero attached hydrogens (tertiary/aromatic N) is 2. The molecular weight excluding hydrogens is 248 g/mol. The summed E-state index contributed by atoms with van der Waals surface area (Å²) >= 11 is 1.65. The Morgan fingerprint density at radius 1 is 1.22 bits per heavy atom. The van der Waals surface area contributed by atoms with Gasteiger partial charge in [0.1, 0.15) is 11.5 Å². The van der Waals surface area contributed by atoms with Crippen molar-refractivity contribution in [3.63, 3.8) is 0 Å². The van der Waals surface area contributed by atoms with Gasteiger partial charge in [0.25, 0.3) is 5.91 Å². The van der Waals surface area contributed by atoms with E-state index in [4.69, 9.17) is 5.73 Å². The molecule has 3 N–H and O–H groups in total. The summed E-state index contributed by atoms with van der Waals surface area (Å²) in [5.74, 6) is -0.0183. The van der Waals surface area contributed by atoms with Crippen molar-refractivity contribution in [1.82, 2.24) is 9.97 Å². The highest BCUT2D eigenvalue weighted by Gasteiger charge is 2.07. The molecule has 0 atom stereocenters. The van der Waals surface area contributed by atoms with E-state index in [2.05, 4.69) is 15.3 Å². The van der Waals surface area contributed by atoms with Gasteiger partial charge in [0.05, 0.1) is 12.4 Å². The lowest BCUT2D eigenvalue weighted by Crippen LogP contribution is -2.14. The average Bonchev–Trinajstić information content (AvgIpc) is 2.40. The number of hydrogen-bond donors (Lipinski definition) is 2. The van der Waals surface area contributed by atoms with Crippen molar-refractivity contribution < 1.29 is 4.79 Å². The van der Waals surface area contributed by atoms with Crippen LogP contribution < -0.4 is 11.1 Å². The zero-order chi connectivity index (χ0) is 13.0. The molecule has 92 valence electrons. The van der Waals surface area contributed by atoms with Gasteiger partial charge in [0.2, 0.25) is 0 Å². The second-order valence-corrected chi connectivity index (χ2v) is 4.39. The largest absolute Gasteiger partial charge is 0.382 e. The molecule has 6 heteroatoms. The summed E-state index contributed by atoms with van der Waals surface area (Å²) in [5, 5.41) is 2.74. The zero-order valence-corrected chi connectivity index (χ0v) is 10.6. The molecule has 0 bridgehead atoms. The van der Waals surface area contributed by atoms with Gasteiger partial charge in [0, 0.05) is 10.6 Å². The molecule has 2 rings (SSSR count). The summed E-state index contributed by atoms with van der Waals surface area (Å²) in [6.07, 6.45) is 4.70. The average molecular weight is 260 g/mol. The standard InChI is InChI=1S/C12H12N4OS/c1-18-9-4-2-8(3-5-9)16-12(17)10-6-15-11(13)7-14-10/h2-7H,1H3,(H2,13,15)(H,16,17). The maximum Gasteiger partial charge on any atom is 0.275 e. The number of aromatic nitrogens is 2. The van der Waals surface area contributed by atoms with Crippen LogP contribution in [0.25, 0.3) is 0 Å². The fourth-order valence-electron chi connectivity index (χ4n) is 1.32. The van der Waals surface area contributed by atoms with Crippen LogP contribution in [0.2, 0.25) is 0 Å². The molecule has 1 aromatic heterocycles. The minimum Gasteiger partial charge on any atom is -0.382 e. The molecule has 0 radical (unpaired) electrons. The van der Waals surface area contributed by atoms with Crippen LogP contribution in [0.4, 0.5) is 11.5 Å². The summed E-state index contributed by atoms with van der Waals surface area (Å²) in [7, 11) is 0. The highest BCUT2D eigenvalue weighted by atomic mass is 32.2. The van der Waals surface area contributed by atoms with E-state index in [1.54, 1.807) is 11.8 Å². The van der Waals surface area contributed by atoms with Gasteiger partial charge >= 0.3 is 0 Å². The van der Waals surface area contributed by atoms with Crippen LogP contribution in [0, 0.1) is 0 Å². The molecule has 5 nitrogen and oxygen atoms in total. The molecule has 1 heterocycles. The number of carbonyl (C=O) groups is 1. The monoisotopic (exact) mass is 260 g/mol. The number of amides is 1. The Hall–Kier alpha value is -2.08. The Labute approximate surface area is 109 Å². The van der Waals surface area contributed by atoms with Gasteiger partial charge in [0.15, 0.2) is 0 Å². The number of anilines is 2. The molecule has 0 aliphatic carbocycles. The molecule has 1 aromatic carbocycles. The molecule has 0 saturated heterocycles. The molecule has 1 amide bonds. The van der Waals surface area contributed by atoms with E-state index < -0.39 is 0 Å². The first-order chi connectivity index (χ1) is 8.69. The van der Waals surface area contributed by atoms with E-state index in [0.717, 1.165) is 10.6 Å². The van der Waals surface area contributed by atoms with Crippen LogP contribution in [0.3, 0.4) is 0 Å². The summed E-state index contributed by atoms with van der Waals surface area (Å²) in [4.78, 5) is 20.7. The van der Waals surface area contributed by atoms with Crippen molar-refractivity contribution in [3.8, 4) is 0 Å². The van der Waals surface area contributed by atoms with Crippen molar-refractivity contribution in [1.29, 1.82) is 0 Å². The van der Waals surface area contributed by atoms with Crippen molar-refractivity contribution >= 4 is 29.2 Å². The SMILES string of the molecule is CSc1ccc(NC(=O)c2cnc(N)cn2)cc1. The van der Waals surface area contributed by atoms with E-state index in [0.29, 0.717) is 0 Å². The van der Waals surface area contributed by atoms with E-state index in [-0.39, 0.29) is 17.4 Å². The van der Waals surface area contributed by atoms with Crippen molar-refractivity contribution in [2.75, 3.05) is 17.3 Å². The molecule has 0 saturated carbocycles. The van der Waals surface area contributed by atoms with Crippen LogP contribution >= 0.6 is 11.8 Å². The maximum atomic E-state index is 11.8. The van der Waals surface area contributed by atoms with Crippen molar-refractivity contribution in [2.24, 2.45) is 0 Å². The lowest BCUT2D eigenvalue weighted by Gasteiger charge is -2.05. The quantitative estimate of drug-likeness (QED) is 0.825. The Morgan fingerprint density at radius 3 is 2.50 bits per heavy atom. The third kappa shape index (κ3) is 2.98. The minimum absolute atomic E-state index is 0.234. The molecule has 0 aliphatic heterocycles. The third-order valence-corrected chi connectivity index (χ3v) is 3.00. The van der Waals surface area contributed by atoms with E-state index in [1.807, 2.05) is 30.5 Å². The number of hydrogen-bond acceptors (Lipinski definition) is 5. The van der Waals surface area contributed by atoms with Crippen LogP contribution in [-0.4, -0.2) is 22.1 Å². The Balaban J connectivity index is 2.08. The highest BCUT2D eigenvalue weighted by Crippen LogP contribution is 2.17. The molecular formula is C12H12N4OS. The van der Waals surface area contributed by atoms with E-state index in [9.17, 15) is 4.79 Å². The van der Waals surface area contributed by atoms with Gasteiger partial charge in [-0.05, 0) is 30.5 Å². The molecule has 0 aliphatic rings. The zero-order valence-electron chi connectivity index (χ0n) is 9.75. The molecule has 0 unspecified atom stereocenters. The number of nitrogens with two attached hydrogens (primary N) is 1. The smallest absolute Gasteiger partial charge is 0.275 e. The number of thioether (sulfide) groups is 1. The summed E-state index contributed by atoms with van der Waals surface area (Å²) in [6, 6.07) is 7.56. The number of rotatable bonds is 3. The van der Waals surface area contributed by atoms with Gasteiger partial charge in [-0.1, -0.05) is 0 Å². The van der Waals surface area contributed by atoms with Gasteiger partial charge in [-0.25, -0.2) is 9.97 Å². The minimum atomic E-state index is -0.306. The first-order valence-corrected chi connectivity index (χ1v) is 6.44. The first kappa shape index (κ1) is 12.4. The second kappa shape index (κ2) is 5.50. The lowest BCUT2D eigenvalue weighted by atomic mass is 10.3. The van der Waals surface area contributed by atoms with Crippen LogP contribution in [0.5, 0.6) is 0 Å². The van der Waals surface area contributed by atoms with Crippen molar-refractivity contribution in [2.45, 2.75) is 4.90 Å². The van der Waals surface area contributed by atoms with Gasteiger partial charge in [-0.3, -0.25) is 4.79 Å². The fraction of sp³-hybridized carbons (Fsp3) is 0.0833. The third-order valence-electron chi connectivity index (χ3n) is 2.25.